The van der Waals surface area contributed by atoms with Gasteiger partial charge in [0.2, 0.25) is 5.89 Å². The Morgan fingerprint density at radius 3 is 2.44 bits per heavy atom. The smallest absolute Gasteiger partial charge is 0.266 e. The third-order valence-corrected chi connectivity index (χ3v) is 2.67. The normalized spacial score (nSPS) is 10.8. The van der Waals surface area contributed by atoms with E-state index in [-0.39, 0.29) is 0 Å². The highest BCUT2D eigenvalue weighted by molar-refractivity contribution is 5.55. The maximum atomic E-state index is 5.67. The molecule has 0 atom stereocenters. The first-order valence-corrected chi connectivity index (χ1v) is 5.64. The molecule has 0 saturated heterocycles. The van der Waals surface area contributed by atoms with E-state index in [9.17, 15) is 0 Å². The quantitative estimate of drug-likeness (QED) is 0.690. The first-order chi connectivity index (χ1) is 8.74. The van der Waals surface area contributed by atoms with E-state index in [0.717, 1.165) is 17.0 Å². The molecule has 3 aromatic rings. The van der Waals surface area contributed by atoms with Crippen molar-refractivity contribution < 1.29 is 4.42 Å². The molecule has 2 heterocycles. The van der Waals surface area contributed by atoms with E-state index < -0.39 is 0 Å². The zero-order valence-corrected chi connectivity index (χ0v) is 10.2. The Balaban J connectivity index is 2.02. The van der Waals surface area contributed by atoms with Crippen LogP contribution in [-0.2, 0) is 7.05 Å². The monoisotopic (exact) mass is 240 g/mol. The van der Waals surface area contributed by atoms with Crippen molar-refractivity contribution in [1.29, 1.82) is 0 Å². The van der Waals surface area contributed by atoms with E-state index >= 15 is 0 Å². The number of aryl methyl sites for hydroxylation is 2. The molecule has 0 unspecified atom stereocenters. The molecule has 18 heavy (non-hydrogen) atoms. The van der Waals surface area contributed by atoms with Gasteiger partial charge in [0.05, 0.1) is 5.69 Å². The number of hydrogen-bond acceptors (Lipinski definition) is 4. The molecule has 0 fully saturated rings. The highest BCUT2D eigenvalue weighted by Gasteiger charge is 2.13. The van der Waals surface area contributed by atoms with Crippen LogP contribution in [-0.4, -0.2) is 20.0 Å². The molecule has 0 radical (unpaired) electrons. The minimum absolute atomic E-state index is 0.483. The molecule has 90 valence electrons. The van der Waals surface area contributed by atoms with Crippen LogP contribution in [0, 0.1) is 6.92 Å². The highest BCUT2D eigenvalue weighted by Crippen LogP contribution is 2.23. The molecule has 0 N–H and O–H groups in total. The summed E-state index contributed by atoms with van der Waals surface area (Å²) in [6, 6.07) is 11.6. The molecule has 5 heteroatoms. The van der Waals surface area contributed by atoms with Gasteiger partial charge in [0.1, 0.15) is 5.69 Å². The van der Waals surface area contributed by atoms with E-state index in [1.807, 2.05) is 50.4 Å². The Morgan fingerprint density at radius 1 is 1.06 bits per heavy atom. The summed E-state index contributed by atoms with van der Waals surface area (Å²) in [7, 11) is 1.86. The van der Waals surface area contributed by atoms with Gasteiger partial charge in [-0.05, 0) is 25.1 Å². The lowest BCUT2D eigenvalue weighted by molar-refractivity contribution is 0.574. The fourth-order valence-electron chi connectivity index (χ4n) is 1.83. The Morgan fingerprint density at radius 2 is 1.78 bits per heavy atom. The third-order valence-electron chi connectivity index (χ3n) is 2.67. The molecular formula is C13H12N4O. The van der Waals surface area contributed by atoms with Crippen LogP contribution in [0.3, 0.4) is 0 Å². The van der Waals surface area contributed by atoms with Crippen molar-refractivity contribution in [2.45, 2.75) is 6.92 Å². The molecule has 5 nitrogen and oxygen atoms in total. The second-order valence-corrected chi connectivity index (χ2v) is 4.07. The van der Waals surface area contributed by atoms with Crippen LogP contribution < -0.4 is 0 Å². The van der Waals surface area contributed by atoms with Crippen molar-refractivity contribution >= 4 is 0 Å². The summed E-state index contributed by atoms with van der Waals surface area (Å²) in [5.41, 5.74) is 2.66. The van der Waals surface area contributed by atoms with Crippen LogP contribution in [0.5, 0.6) is 0 Å². The van der Waals surface area contributed by atoms with E-state index in [2.05, 4.69) is 15.3 Å². The number of hydrogen-bond donors (Lipinski definition) is 0. The number of benzene rings is 1. The lowest BCUT2D eigenvalue weighted by Crippen LogP contribution is -1.93. The SMILES string of the molecule is Cc1cc(-c2nnc(-c3ccccc3)o2)n(C)n1. The van der Waals surface area contributed by atoms with E-state index in [4.69, 9.17) is 4.42 Å². The zero-order chi connectivity index (χ0) is 12.5. The molecule has 1 aromatic carbocycles. The molecule has 0 amide bonds. The van der Waals surface area contributed by atoms with Gasteiger partial charge in [0.25, 0.3) is 5.89 Å². The molecule has 0 aliphatic carbocycles. The molecule has 0 saturated carbocycles. The number of nitrogens with zero attached hydrogens (tertiary/aromatic N) is 4. The Bertz CT molecular complexity index is 669. The largest absolute Gasteiger partial charge is 0.415 e. The van der Waals surface area contributed by atoms with Crippen molar-refractivity contribution in [2.24, 2.45) is 7.05 Å². The lowest BCUT2D eigenvalue weighted by atomic mass is 10.2. The summed E-state index contributed by atoms with van der Waals surface area (Å²) in [6.45, 7) is 1.93. The van der Waals surface area contributed by atoms with Gasteiger partial charge in [-0.15, -0.1) is 10.2 Å². The highest BCUT2D eigenvalue weighted by atomic mass is 16.4. The summed E-state index contributed by atoms with van der Waals surface area (Å²) in [5, 5.41) is 12.4. The average molecular weight is 240 g/mol. The Kier molecular flexibility index (Phi) is 2.44. The fraction of sp³-hybridized carbons (Fsp3) is 0.154. The van der Waals surface area contributed by atoms with Crippen LogP contribution in [0.15, 0.2) is 40.8 Å². The van der Waals surface area contributed by atoms with Crippen molar-refractivity contribution in [2.75, 3.05) is 0 Å². The molecule has 0 spiro atoms. The van der Waals surface area contributed by atoms with E-state index in [0.29, 0.717) is 11.8 Å². The zero-order valence-electron chi connectivity index (χ0n) is 10.2. The molecule has 0 aliphatic heterocycles. The van der Waals surface area contributed by atoms with Crippen LogP contribution in [0.2, 0.25) is 0 Å². The molecule has 2 aromatic heterocycles. The fourth-order valence-corrected chi connectivity index (χ4v) is 1.83. The van der Waals surface area contributed by atoms with Gasteiger partial charge in [-0.25, -0.2) is 0 Å². The van der Waals surface area contributed by atoms with Gasteiger partial charge < -0.3 is 4.42 Å². The second-order valence-electron chi connectivity index (χ2n) is 4.07. The van der Waals surface area contributed by atoms with Gasteiger partial charge >= 0.3 is 0 Å². The van der Waals surface area contributed by atoms with Crippen LogP contribution in [0.1, 0.15) is 5.69 Å². The topological polar surface area (TPSA) is 56.7 Å². The van der Waals surface area contributed by atoms with Crippen molar-refractivity contribution in [3.05, 3.63) is 42.1 Å². The summed E-state index contributed by atoms with van der Waals surface area (Å²) in [4.78, 5) is 0. The van der Waals surface area contributed by atoms with Crippen molar-refractivity contribution in [3.8, 4) is 23.0 Å². The predicted molar refractivity (Wildman–Crippen MR) is 66.7 cm³/mol. The van der Waals surface area contributed by atoms with Gasteiger partial charge in [0.15, 0.2) is 0 Å². The van der Waals surface area contributed by atoms with Gasteiger partial charge in [-0.2, -0.15) is 5.10 Å². The van der Waals surface area contributed by atoms with Gasteiger partial charge in [-0.1, -0.05) is 18.2 Å². The van der Waals surface area contributed by atoms with Crippen LogP contribution >= 0.6 is 0 Å². The second kappa shape index (κ2) is 4.10. The molecule has 3 rings (SSSR count). The first kappa shape index (κ1) is 10.7. The van der Waals surface area contributed by atoms with E-state index in [1.54, 1.807) is 4.68 Å². The Labute approximate surface area is 104 Å². The van der Waals surface area contributed by atoms with Crippen molar-refractivity contribution in [3.63, 3.8) is 0 Å². The summed E-state index contributed by atoms with van der Waals surface area (Å²) >= 11 is 0. The molecule has 0 aliphatic rings. The molecular weight excluding hydrogens is 228 g/mol. The minimum Gasteiger partial charge on any atom is -0.415 e. The first-order valence-electron chi connectivity index (χ1n) is 5.64. The molecule has 0 bridgehead atoms. The van der Waals surface area contributed by atoms with Gasteiger partial charge in [0, 0.05) is 12.6 Å². The van der Waals surface area contributed by atoms with Crippen LogP contribution in [0.25, 0.3) is 23.0 Å². The van der Waals surface area contributed by atoms with Gasteiger partial charge in [-0.3, -0.25) is 4.68 Å². The predicted octanol–water partition coefficient (Wildman–Crippen LogP) is 2.45. The maximum absolute atomic E-state index is 5.67. The third kappa shape index (κ3) is 1.79. The minimum atomic E-state index is 0.483. The Hall–Kier alpha value is -2.43. The average Bonchev–Trinajstić information content (AvgIpc) is 2.97. The lowest BCUT2D eigenvalue weighted by Gasteiger charge is -1.94. The summed E-state index contributed by atoms with van der Waals surface area (Å²) < 4.78 is 7.40. The summed E-state index contributed by atoms with van der Waals surface area (Å²) in [6.07, 6.45) is 0. The standard InChI is InChI=1S/C13H12N4O/c1-9-8-11(17(2)16-9)13-15-14-12(18-13)10-6-4-3-5-7-10/h3-8H,1-2H3. The number of aromatic nitrogens is 4. The van der Waals surface area contributed by atoms with Crippen molar-refractivity contribution in [1.82, 2.24) is 20.0 Å². The maximum Gasteiger partial charge on any atom is 0.266 e. The summed E-state index contributed by atoms with van der Waals surface area (Å²) in [5.74, 6) is 1.00. The van der Waals surface area contributed by atoms with Crippen LogP contribution in [0.4, 0.5) is 0 Å². The number of rotatable bonds is 2. The van der Waals surface area contributed by atoms with E-state index in [1.165, 1.54) is 0 Å².